The molecule has 2 bridgehead atoms. The molecule has 0 heterocycles. The molecule has 2 aliphatic rings. The van der Waals surface area contributed by atoms with Crippen molar-refractivity contribution >= 4 is 0 Å². The van der Waals surface area contributed by atoms with Gasteiger partial charge in [-0.3, -0.25) is 0 Å². The Kier molecular flexibility index (Phi) is 1.70. The van der Waals surface area contributed by atoms with Crippen molar-refractivity contribution in [3.05, 3.63) is 12.2 Å². The van der Waals surface area contributed by atoms with Crippen LogP contribution in [0, 0.1) is 17.8 Å². The van der Waals surface area contributed by atoms with Crippen molar-refractivity contribution in [2.75, 3.05) is 0 Å². The normalized spacial score (nSPS) is 41.1. The van der Waals surface area contributed by atoms with E-state index in [0.29, 0.717) is 5.92 Å². The molecule has 2 fully saturated rings. The zero-order valence-corrected chi connectivity index (χ0v) is 6.39. The van der Waals surface area contributed by atoms with E-state index in [1.165, 1.54) is 25.3 Å². The lowest BCUT2D eigenvalue weighted by Crippen LogP contribution is -2.07. The zero-order valence-electron chi connectivity index (χ0n) is 6.39. The maximum atomic E-state index is 11.9. The first-order chi connectivity index (χ1) is 5.25. The Hall–Kier alpha value is -0.400. The van der Waals surface area contributed by atoms with E-state index in [2.05, 4.69) is 0 Å². The largest absolute Gasteiger partial charge is 0.266 e. The van der Waals surface area contributed by atoms with Crippen molar-refractivity contribution in [2.24, 2.45) is 17.8 Å². The Morgan fingerprint density at radius 2 is 2.00 bits per heavy atom. The lowest BCUT2D eigenvalue weighted by Gasteiger charge is -2.16. The molecule has 0 nitrogen and oxygen atoms in total. The number of hydrogen-bond acceptors (Lipinski definition) is 0. The summed E-state index contributed by atoms with van der Waals surface area (Å²) in [6.07, 6.45) is 4.37. The molecule has 0 aromatic carbocycles. The van der Waals surface area contributed by atoms with Crippen LogP contribution in [0.4, 0.5) is 8.78 Å². The van der Waals surface area contributed by atoms with Crippen LogP contribution >= 0.6 is 0 Å². The Morgan fingerprint density at radius 1 is 1.18 bits per heavy atom. The molecule has 2 rings (SSSR count). The number of hydrogen-bond donors (Lipinski definition) is 0. The molecule has 0 spiro atoms. The Labute approximate surface area is 65.3 Å². The van der Waals surface area contributed by atoms with Gasteiger partial charge in [0.15, 0.2) is 0 Å². The number of rotatable bonds is 1. The maximum absolute atomic E-state index is 11.9. The quantitative estimate of drug-likeness (QED) is 0.549. The first kappa shape index (κ1) is 7.26. The van der Waals surface area contributed by atoms with Gasteiger partial charge >= 0.3 is 0 Å². The molecule has 0 aromatic heterocycles. The summed E-state index contributed by atoms with van der Waals surface area (Å²) in [6.45, 7) is 0. The monoisotopic (exact) mass is 158 g/mol. The van der Waals surface area contributed by atoms with E-state index in [-0.39, 0.29) is 5.92 Å². The third-order valence-corrected chi connectivity index (χ3v) is 3.13. The highest BCUT2D eigenvalue weighted by atomic mass is 19.3. The third-order valence-electron chi connectivity index (χ3n) is 3.13. The molecule has 3 atom stereocenters. The fourth-order valence-corrected chi connectivity index (χ4v) is 2.66. The fourth-order valence-electron chi connectivity index (χ4n) is 2.66. The highest BCUT2D eigenvalue weighted by Crippen LogP contribution is 2.49. The molecule has 62 valence electrons. The molecule has 0 saturated heterocycles. The number of fused-ring (bicyclic) bond motifs is 2. The smallest absolute Gasteiger partial charge is 0.174 e. The van der Waals surface area contributed by atoms with Crippen molar-refractivity contribution in [1.82, 2.24) is 0 Å². The minimum absolute atomic E-state index is 0.207. The molecule has 0 aromatic rings. The molecule has 2 aliphatic carbocycles. The third kappa shape index (κ3) is 1.31. The average Bonchev–Trinajstić information content (AvgIpc) is 2.45. The van der Waals surface area contributed by atoms with Crippen LogP contribution in [0.5, 0.6) is 0 Å². The summed E-state index contributed by atoms with van der Waals surface area (Å²) in [4.78, 5) is 0. The molecule has 0 radical (unpaired) electrons. The summed E-state index contributed by atoms with van der Waals surface area (Å²) >= 11 is 0. The van der Waals surface area contributed by atoms with Crippen molar-refractivity contribution in [3.63, 3.8) is 0 Å². The Morgan fingerprint density at radius 3 is 2.45 bits per heavy atom. The number of allylic oxidation sites excluding steroid dienone is 1. The topological polar surface area (TPSA) is 0 Å². The summed E-state index contributed by atoms with van der Waals surface area (Å²) in [5.74, 6) is 1.56. The summed E-state index contributed by atoms with van der Waals surface area (Å²) in [5, 5.41) is 0. The highest BCUT2D eigenvalue weighted by Gasteiger charge is 2.38. The molecule has 0 amide bonds. The molecule has 0 aliphatic heterocycles. The van der Waals surface area contributed by atoms with Crippen LogP contribution in [0.2, 0.25) is 0 Å². The van der Waals surface area contributed by atoms with Gasteiger partial charge in [-0.15, -0.1) is 0 Å². The van der Waals surface area contributed by atoms with Crippen molar-refractivity contribution < 1.29 is 8.78 Å². The van der Waals surface area contributed by atoms with Gasteiger partial charge < -0.3 is 0 Å². The van der Waals surface area contributed by atoms with E-state index < -0.39 is 6.08 Å². The average molecular weight is 158 g/mol. The SMILES string of the molecule is FC(F)=CC1CC2CCC1C2. The van der Waals surface area contributed by atoms with E-state index in [4.69, 9.17) is 0 Å². The fraction of sp³-hybridized carbons (Fsp3) is 0.778. The van der Waals surface area contributed by atoms with Gasteiger partial charge in [0, 0.05) is 0 Å². The van der Waals surface area contributed by atoms with E-state index >= 15 is 0 Å². The van der Waals surface area contributed by atoms with Crippen LogP contribution in [0.15, 0.2) is 12.2 Å². The molecule has 3 unspecified atom stereocenters. The van der Waals surface area contributed by atoms with Gasteiger partial charge in [-0.25, -0.2) is 0 Å². The summed E-state index contributed by atoms with van der Waals surface area (Å²) < 4.78 is 23.7. The zero-order chi connectivity index (χ0) is 7.84. The van der Waals surface area contributed by atoms with E-state index in [9.17, 15) is 8.78 Å². The van der Waals surface area contributed by atoms with Gasteiger partial charge in [-0.05, 0) is 43.1 Å². The summed E-state index contributed by atoms with van der Waals surface area (Å²) in [7, 11) is 0. The molecule has 2 heteroatoms. The van der Waals surface area contributed by atoms with E-state index in [1.807, 2.05) is 0 Å². The second-order valence-corrected chi connectivity index (χ2v) is 3.80. The Bertz CT molecular complexity index is 182. The van der Waals surface area contributed by atoms with Gasteiger partial charge in [-0.2, -0.15) is 8.78 Å². The highest BCUT2D eigenvalue weighted by molar-refractivity contribution is 5.00. The molecular weight excluding hydrogens is 146 g/mol. The van der Waals surface area contributed by atoms with Crippen LogP contribution < -0.4 is 0 Å². The van der Waals surface area contributed by atoms with Crippen molar-refractivity contribution in [3.8, 4) is 0 Å². The lowest BCUT2D eigenvalue weighted by atomic mass is 9.89. The van der Waals surface area contributed by atoms with Gasteiger partial charge in [-0.1, -0.05) is 6.42 Å². The van der Waals surface area contributed by atoms with Gasteiger partial charge in [0.1, 0.15) is 0 Å². The number of halogens is 2. The van der Waals surface area contributed by atoms with Crippen LogP contribution in [0.25, 0.3) is 0 Å². The van der Waals surface area contributed by atoms with Gasteiger partial charge in [0.2, 0.25) is 0 Å². The van der Waals surface area contributed by atoms with Crippen LogP contribution in [0.1, 0.15) is 25.7 Å². The predicted molar refractivity (Wildman–Crippen MR) is 39.2 cm³/mol. The van der Waals surface area contributed by atoms with Crippen LogP contribution in [-0.2, 0) is 0 Å². The van der Waals surface area contributed by atoms with Crippen LogP contribution in [0.3, 0.4) is 0 Å². The molecule has 0 N–H and O–H groups in total. The lowest BCUT2D eigenvalue weighted by molar-refractivity contribution is 0.359. The second kappa shape index (κ2) is 2.58. The molecular formula is C9H12F2. The van der Waals surface area contributed by atoms with E-state index in [1.54, 1.807) is 0 Å². The second-order valence-electron chi connectivity index (χ2n) is 3.80. The maximum Gasteiger partial charge on any atom is 0.266 e. The van der Waals surface area contributed by atoms with Gasteiger partial charge in [0.25, 0.3) is 6.08 Å². The van der Waals surface area contributed by atoms with Crippen molar-refractivity contribution in [1.29, 1.82) is 0 Å². The van der Waals surface area contributed by atoms with Crippen LogP contribution in [-0.4, -0.2) is 0 Å². The molecule has 11 heavy (non-hydrogen) atoms. The minimum atomic E-state index is -1.48. The van der Waals surface area contributed by atoms with Gasteiger partial charge in [0.05, 0.1) is 0 Å². The van der Waals surface area contributed by atoms with E-state index in [0.717, 1.165) is 12.3 Å². The predicted octanol–water partition coefficient (Wildman–Crippen LogP) is 3.20. The summed E-state index contributed by atoms with van der Waals surface area (Å²) in [6, 6.07) is 0. The Balaban J connectivity index is 2.03. The molecule has 2 saturated carbocycles. The first-order valence-electron chi connectivity index (χ1n) is 4.28. The van der Waals surface area contributed by atoms with Crippen molar-refractivity contribution in [2.45, 2.75) is 25.7 Å². The minimum Gasteiger partial charge on any atom is -0.174 e. The standard InChI is InChI=1S/C9H12F2/c10-9(11)5-8-4-6-1-2-7(8)3-6/h5-8H,1-4H2. The summed E-state index contributed by atoms with van der Waals surface area (Å²) in [5.41, 5.74) is 0. The first-order valence-corrected chi connectivity index (χ1v) is 4.28.